The average molecular weight is 279 g/mol. The number of carbonyl (C=O) groups excluding carboxylic acids is 1. The smallest absolute Gasteiger partial charge is 0.155 e. The third-order valence-corrected chi connectivity index (χ3v) is 3.36. The van der Waals surface area contributed by atoms with Crippen LogP contribution in [0.4, 0.5) is 0 Å². The molecule has 0 radical (unpaired) electrons. The van der Waals surface area contributed by atoms with E-state index in [1.54, 1.807) is 6.08 Å². The lowest BCUT2D eigenvalue weighted by molar-refractivity contribution is -0.114. The van der Waals surface area contributed by atoms with Crippen LogP contribution in [0, 0.1) is 0 Å². The summed E-state index contributed by atoms with van der Waals surface area (Å²) in [5.74, 6) is 0.213. The van der Waals surface area contributed by atoms with Crippen molar-refractivity contribution >= 4 is 23.5 Å². The minimum Gasteiger partial charge on any atom is -0.295 e. The Kier molecular flexibility index (Phi) is 8.24. The van der Waals surface area contributed by atoms with Gasteiger partial charge in [0.25, 0.3) is 0 Å². The van der Waals surface area contributed by atoms with Crippen molar-refractivity contribution in [2.45, 2.75) is 51.9 Å². The van der Waals surface area contributed by atoms with Gasteiger partial charge in [0, 0.05) is 11.4 Å². The van der Waals surface area contributed by atoms with Crippen LogP contribution in [0.25, 0.3) is 6.08 Å². The zero-order valence-corrected chi connectivity index (χ0v) is 12.5. The molecule has 1 rings (SSSR count). The second-order valence-corrected chi connectivity index (χ2v) is 5.31. The Bertz CT molecular complexity index is 392. The SMILES string of the molecule is CCCCCCCCC(=O)/C=C\c1ccc(Cl)cc1. The summed E-state index contributed by atoms with van der Waals surface area (Å²) >= 11 is 5.80. The van der Waals surface area contributed by atoms with Crippen molar-refractivity contribution in [2.24, 2.45) is 0 Å². The molecule has 0 heterocycles. The van der Waals surface area contributed by atoms with E-state index < -0.39 is 0 Å². The average Bonchev–Trinajstić information content (AvgIpc) is 2.42. The van der Waals surface area contributed by atoms with Gasteiger partial charge in [-0.1, -0.05) is 68.8 Å². The van der Waals surface area contributed by atoms with E-state index >= 15 is 0 Å². The standard InChI is InChI=1S/C17H23ClO/c1-2-3-4-5-6-7-8-17(19)14-11-15-9-12-16(18)13-10-15/h9-14H,2-8H2,1H3/b14-11-. The van der Waals surface area contributed by atoms with Gasteiger partial charge in [0.1, 0.15) is 0 Å². The van der Waals surface area contributed by atoms with E-state index in [4.69, 9.17) is 11.6 Å². The fourth-order valence-electron chi connectivity index (χ4n) is 1.93. The van der Waals surface area contributed by atoms with Crippen molar-refractivity contribution in [2.75, 3.05) is 0 Å². The Morgan fingerprint density at radius 3 is 2.37 bits per heavy atom. The first kappa shape index (κ1) is 16.0. The van der Waals surface area contributed by atoms with Crippen molar-refractivity contribution in [1.82, 2.24) is 0 Å². The number of hydrogen-bond donors (Lipinski definition) is 0. The zero-order valence-electron chi connectivity index (χ0n) is 11.7. The molecule has 0 unspecified atom stereocenters. The van der Waals surface area contributed by atoms with Crippen molar-refractivity contribution in [3.8, 4) is 0 Å². The van der Waals surface area contributed by atoms with E-state index in [0.717, 1.165) is 17.0 Å². The van der Waals surface area contributed by atoms with Crippen molar-refractivity contribution in [3.63, 3.8) is 0 Å². The van der Waals surface area contributed by atoms with Crippen LogP contribution in [0.2, 0.25) is 5.02 Å². The third kappa shape index (κ3) is 7.84. The molecule has 0 amide bonds. The maximum atomic E-state index is 11.7. The molecular weight excluding hydrogens is 256 g/mol. The highest BCUT2D eigenvalue weighted by Crippen LogP contribution is 2.11. The van der Waals surface area contributed by atoms with Crippen molar-refractivity contribution < 1.29 is 4.79 Å². The molecule has 1 aromatic carbocycles. The molecule has 104 valence electrons. The summed E-state index contributed by atoms with van der Waals surface area (Å²) in [5, 5.41) is 0.718. The summed E-state index contributed by atoms with van der Waals surface area (Å²) in [6.45, 7) is 2.21. The van der Waals surface area contributed by atoms with Gasteiger partial charge >= 0.3 is 0 Å². The molecule has 19 heavy (non-hydrogen) atoms. The van der Waals surface area contributed by atoms with Gasteiger partial charge in [0.2, 0.25) is 0 Å². The maximum Gasteiger partial charge on any atom is 0.155 e. The molecular formula is C17H23ClO. The lowest BCUT2D eigenvalue weighted by atomic mass is 10.1. The molecule has 0 atom stereocenters. The van der Waals surface area contributed by atoms with Crippen LogP contribution in [-0.2, 0) is 4.79 Å². The van der Waals surface area contributed by atoms with Crippen LogP contribution >= 0.6 is 11.6 Å². The molecule has 0 aromatic heterocycles. The molecule has 0 saturated carbocycles. The van der Waals surface area contributed by atoms with Gasteiger partial charge in [-0.25, -0.2) is 0 Å². The third-order valence-electron chi connectivity index (χ3n) is 3.11. The van der Waals surface area contributed by atoms with Gasteiger partial charge < -0.3 is 0 Å². The van der Waals surface area contributed by atoms with Crippen LogP contribution in [-0.4, -0.2) is 5.78 Å². The Morgan fingerprint density at radius 2 is 1.68 bits per heavy atom. The second kappa shape index (κ2) is 9.80. The van der Waals surface area contributed by atoms with E-state index in [0.29, 0.717) is 6.42 Å². The molecule has 0 aliphatic heterocycles. The monoisotopic (exact) mass is 278 g/mol. The molecule has 0 N–H and O–H groups in total. The molecule has 0 aliphatic rings. The number of hydrogen-bond acceptors (Lipinski definition) is 1. The lowest BCUT2D eigenvalue weighted by Crippen LogP contribution is -1.92. The van der Waals surface area contributed by atoms with Gasteiger partial charge in [-0.3, -0.25) is 4.79 Å². The Balaban J connectivity index is 2.18. The number of ketones is 1. The Hall–Kier alpha value is -1.08. The predicted octanol–water partition coefficient (Wildman–Crippen LogP) is 5.67. The first-order chi connectivity index (χ1) is 9.22. The van der Waals surface area contributed by atoms with Crippen LogP contribution in [0.3, 0.4) is 0 Å². The van der Waals surface area contributed by atoms with Crippen LogP contribution in [0.1, 0.15) is 57.4 Å². The van der Waals surface area contributed by atoms with Crippen LogP contribution in [0.5, 0.6) is 0 Å². The molecule has 0 spiro atoms. The second-order valence-electron chi connectivity index (χ2n) is 4.87. The van der Waals surface area contributed by atoms with E-state index in [9.17, 15) is 4.79 Å². The van der Waals surface area contributed by atoms with Gasteiger partial charge in [0.15, 0.2) is 5.78 Å². The number of carbonyl (C=O) groups is 1. The van der Waals surface area contributed by atoms with E-state index in [1.807, 2.05) is 30.3 Å². The first-order valence-electron chi connectivity index (χ1n) is 7.19. The highest BCUT2D eigenvalue weighted by molar-refractivity contribution is 6.30. The van der Waals surface area contributed by atoms with Crippen LogP contribution in [0.15, 0.2) is 30.3 Å². The van der Waals surface area contributed by atoms with Gasteiger partial charge in [-0.05, 0) is 30.2 Å². The first-order valence-corrected chi connectivity index (χ1v) is 7.56. The number of benzene rings is 1. The fourth-order valence-corrected chi connectivity index (χ4v) is 2.05. The summed E-state index contributed by atoms with van der Waals surface area (Å²) in [5.41, 5.74) is 1.01. The predicted molar refractivity (Wildman–Crippen MR) is 83.5 cm³/mol. The normalized spacial score (nSPS) is 11.1. The van der Waals surface area contributed by atoms with Gasteiger partial charge in [-0.2, -0.15) is 0 Å². The summed E-state index contributed by atoms with van der Waals surface area (Å²) in [7, 11) is 0. The molecule has 0 saturated heterocycles. The quantitative estimate of drug-likeness (QED) is 0.420. The van der Waals surface area contributed by atoms with Gasteiger partial charge in [0.05, 0.1) is 0 Å². The highest BCUT2D eigenvalue weighted by atomic mass is 35.5. The topological polar surface area (TPSA) is 17.1 Å². The minimum atomic E-state index is 0.213. The molecule has 0 bridgehead atoms. The summed E-state index contributed by atoms with van der Waals surface area (Å²) in [6, 6.07) is 7.49. The molecule has 0 fully saturated rings. The van der Waals surface area contributed by atoms with E-state index in [1.165, 1.54) is 32.1 Å². The fraction of sp³-hybridized carbons (Fsp3) is 0.471. The maximum absolute atomic E-state index is 11.7. The number of halogens is 1. The molecule has 2 heteroatoms. The van der Waals surface area contributed by atoms with Crippen LogP contribution < -0.4 is 0 Å². The van der Waals surface area contributed by atoms with E-state index in [2.05, 4.69) is 6.92 Å². The molecule has 0 aliphatic carbocycles. The molecule has 1 aromatic rings. The largest absolute Gasteiger partial charge is 0.295 e. The van der Waals surface area contributed by atoms with Crippen molar-refractivity contribution in [3.05, 3.63) is 40.9 Å². The highest BCUT2D eigenvalue weighted by Gasteiger charge is 1.97. The molecule has 1 nitrogen and oxygen atoms in total. The number of rotatable bonds is 9. The minimum absolute atomic E-state index is 0.213. The lowest BCUT2D eigenvalue weighted by Gasteiger charge is -1.98. The summed E-state index contributed by atoms with van der Waals surface area (Å²) in [4.78, 5) is 11.7. The van der Waals surface area contributed by atoms with Crippen molar-refractivity contribution in [1.29, 1.82) is 0 Å². The summed E-state index contributed by atoms with van der Waals surface area (Å²) < 4.78 is 0. The number of unbranched alkanes of at least 4 members (excludes halogenated alkanes) is 5. The Morgan fingerprint density at radius 1 is 1.05 bits per heavy atom. The summed E-state index contributed by atoms with van der Waals surface area (Å²) in [6.07, 6.45) is 11.5. The number of allylic oxidation sites excluding steroid dienone is 1. The van der Waals surface area contributed by atoms with Gasteiger partial charge in [-0.15, -0.1) is 0 Å². The van der Waals surface area contributed by atoms with E-state index in [-0.39, 0.29) is 5.78 Å². The zero-order chi connectivity index (χ0) is 13.9. The Labute approximate surface area is 121 Å².